The second-order valence-corrected chi connectivity index (χ2v) is 7.65. The summed E-state index contributed by atoms with van der Waals surface area (Å²) in [7, 11) is 0. The molecule has 1 heterocycles. The summed E-state index contributed by atoms with van der Waals surface area (Å²) >= 11 is 8.91. The van der Waals surface area contributed by atoms with Gasteiger partial charge in [0.2, 0.25) is 11.0 Å². The first-order valence-corrected chi connectivity index (χ1v) is 9.07. The minimum atomic E-state index is -0.0812. The van der Waals surface area contributed by atoms with Gasteiger partial charge in [0, 0.05) is 16.8 Å². The van der Waals surface area contributed by atoms with Crippen LogP contribution in [0.15, 0.2) is 22.5 Å². The first kappa shape index (κ1) is 15.6. The summed E-state index contributed by atoms with van der Waals surface area (Å²) in [5, 5.41) is 15.8. The van der Waals surface area contributed by atoms with E-state index in [9.17, 15) is 4.79 Å². The molecule has 0 saturated heterocycles. The maximum Gasteiger partial charge on any atom is 0.234 e. The number of halogens is 1. The van der Waals surface area contributed by atoms with Crippen molar-refractivity contribution in [3.8, 4) is 0 Å². The summed E-state index contributed by atoms with van der Waals surface area (Å²) in [6.07, 6.45) is 2.40. The van der Waals surface area contributed by atoms with E-state index in [-0.39, 0.29) is 5.91 Å². The van der Waals surface area contributed by atoms with Gasteiger partial charge in [0.15, 0.2) is 4.34 Å². The van der Waals surface area contributed by atoms with E-state index in [0.29, 0.717) is 16.8 Å². The van der Waals surface area contributed by atoms with Crippen molar-refractivity contribution in [2.24, 2.45) is 0 Å². The lowest BCUT2D eigenvalue weighted by Gasteiger charge is -2.08. The fourth-order valence-corrected chi connectivity index (χ4v) is 3.59. The monoisotopic (exact) mass is 354 g/mol. The van der Waals surface area contributed by atoms with Crippen LogP contribution in [0.4, 0.5) is 10.8 Å². The molecular formula is C14H15ClN4OS2. The number of hydrogen-bond donors (Lipinski definition) is 2. The van der Waals surface area contributed by atoms with E-state index in [1.807, 2.05) is 19.1 Å². The minimum absolute atomic E-state index is 0.0812. The highest BCUT2D eigenvalue weighted by atomic mass is 35.5. The number of aromatic nitrogens is 2. The maximum absolute atomic E-state index is 12.0. The summed E-state index contributed by atoms with van der Waals surface area (Å²) in [4.78, 5) is 12.0. The van der Waals surface area contributed by atoms with Crippen molar-refractivity contribution >= 4 is 51.4 Å². The van der Waals surface area contributed by atoms with E-state index in [0.717, 1.165) is 20.7 Å². The van der Waals surface area contributed by atoms with Gasteiger partial charge in [-0.25, -0.2) is 0 Å². The largest absolute Gasteiger partial charge is 0.357 e. The molecule has 1 saturated carbocycles. The van der Waals surface area contributed by atoms with Crippen molar-refractivity contribution in [1.82, 2.24) is 10.2 Å². The topological polar surface area (TPSA) is 66.9 Å². The Kier molecular flexibility index (Phi) is 4.85. The molecule has 116 valence electrons. The second-order valence-electron chi connectivity index (χ2n) is 5.04. The summed E-state index contributed by atoms with van der Waals surface area (Å²) in [6, 6.07) is 6.02. The van der Waals surface area contributed by atoms with Gasteiger partial charge in [-0.1, -0.05) is 40.8 Å². The average Bonchev–Trinajstić information content (AvgIpc) is 3.19. The molecule has 2 aromatic rings. The van der Waals surface area contributed by atoms with Crippen molar-refractivity contribution in [3.63, 3.8) is 0 Å². The summed E-state index contributed by atoms with van der Waals surface area (Å²) in [5.41, 5.74) is 1.61. The quantitative estimate of drug-likeness (QED) is 0.772. The first-order chi connectivity index (χ1) is 10.6. The number of hydrogen-bond acceptors (Lipinski definition) is 6. The number of rotatable bonds is 6. The Hall–Kier alpha value is -1.31. The predicted molar refractivity (Wildman–Crippen MR) is 92.1 cm³/mol. The summed E-state index contributed by atoms with van der Waals surface area (Å²) < 4.78 is 0.793. The third kappa shape index (κ3) is 4.12. The van der Waals surface area contributed by atoms with Crippen LogP contribution in [0.5, 0.6) is 0 Å². The van der Waals surface area contributed by atoms with E-state index < -0.39 is 0 Å². The highest BCUT2D eigenvalue weighted by Crippen LogP contribution is 2.30. The van der Waals surface area contributed by atoms with Gasteiger partial charge in [-0.05, 0) is 37.5 Å². The molecule has 1 aliphatic carbocycles. The van der Waals surface area contributed by atoms with Gasteiger partial charge in [-0.2, -0.15) is 0 Å². The number of carbonyl (C=O) groups is 1. The molecular weight excluding hydrogens is 340 g/mol. The highest BCUT2D eigenvalue weighted by molar-refractivity contribution is 8.01. The lowest BCUT2D eigenvalue weighted by molar-refractivity contribution is -0.113. The zero-order chi connectivity index (χ0) is 15.5. The van der Waals surface area contributed by atoms with E-state index >= 15 is 0 Å². The summed E-state index contributed by atoms with van der Waals surface area (Å²) in [6.45, 7) is 1.88. The Balaban J connectivity index is 1.51. The van der Waals surface area contributed by atoms with Gasteiger partial charge in [-0.15, -0.1) is 10.2 Å². The molecule has 2 N–H and O–H groups in total. The normalized spacial score (nSPS) is 13.9. The Morgan fingerprint density at radius 3 is 3.05 bits per heavy atom. The van der Waals surface area contributed by atoms with Gasteiger partial charge in [-0.3, -0.25) is 4.79 Å². The van der Waals surface area contributed by atoms with Crippen molar-refractivity contribution in [1.29, 1.82) is 0 Å². The zero-order valence-electron chi connectivity index (χ0n) is 11.9. The number of benzene rings is 1. The molecule has 1 aromatic heterocycles. The van der Waals surface area contributed by atoms with Crippen LogP contribution in [-0.2, 0) is 4.79 Å². The molecule has 5 nitrogen and oxygen atoms in total. The Morgan fingerprint density at radius 1 is 1.45 bits per heavy atom. The van der Waals surface area contributed by atoms with Crippen LogP contribution in [0.1, 0.15) is 18.4 Å². The van der Waals surface area contributed by atoms with E-state index in [1.54, 1.807) is 6.07 Å². The molecule has 0 atom stereocenters. The predicted octanol–water partition coefficient (Wildman–Crippen LogP) is 3.81. The zero-order valence-corrected chi connectivity index (χ0v) is 14.3. The molecule has 1 aromatic carbocycles. The first-order valence-electron chi connectivity index (χ1n) is 6.89. The number of anilines is 2. The molecule has 8 heteroatoms. The molecule has 0 unspecified atom stereocenters. The fourth-order valence-electron chi connectivity index (χ4n) is 1.79. The maximum atomic E-state index is 12.0. The lowest BCUT2D eigenvalue weighted by atomic mass is 10.2. The number of nitrogens with one attached hydrogen (secondary N) is 2. The van der Waals surface area contributed by atoms with Crippen molar-refractivity contribution in [2.45, 2.75) is 30.1 Å². The third-order valence-electron chi connectivity index (χ3n) is 3.18. The van der Waals surface area contributed by atoms with Crippen LogP contribution in [0.3, 0.4) is 0 Å². The van der Waals surface area contributed by atoms with Crippen molar-refractivity contribution in [3.05, 3.63) is 28.8 Å². The minimum Gasteiger partial charge on any atom is -0.357 e. The van der Waals surface area contributed by atoms with Gasteiger partial charge in [0.1, 0.15) is 0 Å². The standard InChI is InChI=1S/C14H15ClN4OS2/c1-8-10(15)3-2-4-11(8)17-12(20)7-21-14-19-18-13(22-14)16-9-5-6-9/h2-4,9H,5-7H2,1H3,(H,16,18)(H,17,20). The molecule has 0 radical (unpaired) electrons. The second kappa shape index (κ2) is 6.85. The lowest BCUT2D eigenvalue weighted by Crippen LogP contribution is -2.14. The molecule has 0 aliphatic heterocycles. The average molecular weight is 355 g/mol. The smallest absolute Gasteiger partial charge is 0.234 e. The van der Waals surface area contributed by atoms with Crippen molar-refractivity contribution in [2.75, 3.05) is 16.4 Å². The van der Waals surface area contributed by atoms with Gasteiger partial charge < -0.3 is 10.6 Å². The van der Waals surface area contributed by atoms with E-state index in [2.05, 4.69) is 20.8 Å². The van der Waals surface area contributed by atoms with Crippen LogP contribution >= 0.6 is 34.7 Å². The number of thioether (sulfide) groups is 1. The van der Waals surface area contributed by atoms with E-state index in [4.69, 9.17) is 11.6 Å². The molecule has 1 aliphatic rings. The van der Waals surface area contributed by atoms with Crippen LogP contribution < -0.4 is 10.6 Å². The highest BCUT2D eigenvalue weighted by Gasteiger charge is 2.22. The molecule has 3 rings (SSSR count). The number of amides is 1. The molecule has 0 spiro atoms. The Labute approximate surface area is 141 Å². The molecule has 1 fully saturated rings. The van der Waals surface area contributed by atoms with E-state index in [1.165, 1.54) is 35.9 Å². The molecule has 0 bridgehead atoms. The Morgan fingerprint density at radius 2 is 2.27 bits per heavy atom. The van der Waals surface area contributed by atoms with Crippen LogP contribution in [0.25, 0.3) is 0 Å². The van der Waals surface area contributed by atoms with Gasteiger partial charge >= 0.3 is 0 Å². The SMILES string of the molecule is Cc1c(Cl)cccc1NC(=O)CSc1nnc(NC2CC2)s1. The third-order valence-corrected chi connectivity index (χ3v) is 5.58. The summed E-state index contributed by atoms with van der Waals surface area (Å²) in [5.74, 6) is 0.214. The Bertz CT molecular complexity index is 687. The number of nitrogens with zero attached hydrogens (tertiary/aromatic N) is 2. The molecule has 22 heavy (non-hydrogen) atoms. The molecule has 1 amide bonds. The van der Waals surface area contributed by atoms with Gasteiger partial charge in [0.05, 0.1) is 5.75 Å². The van der Waals surface area contributed by atoms with Crippen molar-refractivity contribution < 1.29 is 4.79 Å². The van der Waals surface area contributed by atoms with Crippen LogP contribution in [-0.4, -0.2) is 27.9 Å². The van der Waals surface area contributed by atoms with Crippen LogP contribution in [0, 0.1) is 6.92 Å². The van der Waals surface area contributed by atoms with Gasteiger partial charge in [0.25, 0.3) is 0 Å². The number of carbonyl (C=O) groups excluding carboxylic acids is 1. The fraction of sp³-hybridized carbons (Fsp3) is 0.357. The van der Waals surface area contributed by atoms with Crippen LogP contribution in [0.2, 0.25) is 5.02 Å².